The molecule has 1 aliphatic heterocycles. The van der Waals surface area contributed by atoms with Gasteiger partial charge in [-0.2, -0.15) is 0 Å². The van der Waals surface area contributed by atoms with Crippen molar-refractivity contribution >= 4 is 29.0 Å². The molecule has 0 bridgehead atoms. The molecule has 0 atom stereocenters. The van der Waals surface area contributed by atoms with Crippen LogP contribution < -0.4 is 15.4 Å². The number of methoxy groups -OCH3 is 1. The third kappa shape index (κ3) is 3.14. The lowest BCUT2D eigenvalue weighted by atomic mass is 10.1. The Balaban J connectivity index is 0.00000147. The third-order valence-corrected chi connectivity index (χ3v) is 3.63. The lowest BCUT2D eigenvalue weighted by molar-refractivity contribution is 0.419. The van der Waals surface area contributed by atoms with Crippen LogP contribution in [0.3, 0.4) is 0 Å². The van der Waals surface area contributed by atoms with Gasteiger partial charge in [0.1, 0.15) is 5.75 Å². The largest absolute Gasteiger partial charge is 0.496 e. The maximum absolute atomic E-state index is 5.39. The number of halogens is 1. The van der Waals surface area contributed by atoms with Crippen molar-refractivity contribution in [1.29, 1.82) is 0 Å². The zero-order valence-corrected chi connectivity index (χ0v) is 12.4. The second-order valence-electron chi connectivity index (χ2n) is 4.91. The Hall–Kier alpha value is -1.52. The molecular formula is C15H20ClN3O. The number of hydrogen-bond acceptors (Lipinski definition) is 4. The van der Waals surface area contributed by atoms with Gasteiger partial charge in [-0.15, -0.1) is 12.4 Å². The smallest absolute Gasteiger partial charge is 0.129 e. The molecule has 108 valence electrons. The molecular weight excluding hydrogens is 274 g/mol. The Morgan fingerprint density at radius 1 is 1.25 bits per heavy atom. The minimum atomic E-state index is 0. The van der Waals surface area contributed by atoms with Crippen molar-refractivity contribution in [2.24, 2.45) is 0 Å². The van der Waals surface area contributed by atoms with Gasteiger partial charge in [-0.1, -0.05) is 0 Å². The number of nitrogens with one attached hydrogen (secondary N) is 2. The van der Waals surface area contributed by atoms with Crippen LogP contribution in [0.25, 0.3) is 10.9 Å². The van der Waals surface area contributed by atoms with Crippen molar-refractivity contribution < 1.29 is 4.74 Å². The molecule has 0 saturated carbocycles. The minimum absolute atomic E-state index is 0. The molecule has 20 heavy (non-hydrogen) atoms. The first-order valence-corrected chi connectivity index (χ1v) is 6.77. The highest BCUT2D eigenvalue weighted by atomic mass is 35.5. The summed E-state index contributed by atoms with van der Waals surface area (Å²) >= 11 is 0. The van der Waals surface area contributed by atoms with Crippen molar-refractivity contribution in [1.82, 2.24) is 10.3 Å². The normalized spacial score (nSPS) is 15.7. The summed E-state index contributed by atoms with van der Waals surface area (Å²) in [4.78, 5) is 4.36. The number of benzene rings is 1. The molecule has 0 unspecified atom stereocenters. The molecule has 1 aliphatic rings. The highest BCUT2D eigenvalue weighted by Crippen LogP contribution is 2.27. The van der Waals surface area contributed by atoms with E-state index in [0.29, 0.717) is 6.04 Å². The Kier molecular flexibility index (Phi) is 5.04. The second kappa shape index (κ2) is 6.77. The summed E-state index contributed by atoms with van der Waals surface area (Å²) < 4.78 is 5.39. The molecule has 2 N–H and O–H groups in total. The van der Waals surface area contributed by atoms with Gasteiger partial charge in [0.2, 0.25) is 0 Å². The number of fused-ring (bicyclic) bond motifs is 1. The molecule has 1 aromatic heterocycles. The number of pyridine rings is 1. The molecule has 0 radical (unpaired) electrons. The number of ether oxygens (including phenoxy) is 1. The topological polar surface area (TPSA) is 46.2 Å². The van der Waals surface area contributed by atoms with Gasteiger partial charge in [0.15, 0.2) is 0 Å². The molecule has 3 rings (SSSR count). The van der Waals surface area contributed by atoms with Gasteiger partial charge in [0.05, 0.1) is 12.6 Å². The average Bonchev–Trinajstić information content (AvgIpc) is 2.47. The SMILES string of the molecule is COc1ccnc2ccc(NC3CCNCC3)cc12.Cl. The van der Waals surface area contributed by atoms with Gasteiger partial charge in [-0.3, -0.25) is 4.98 Å². The van der Waals surface area contributed by atoms with Gasteiger partial charge in [-0.05, 0) is 50.2 Å². The van der Waals surface area contributed by atoms with E-state index in [4.69, 9.17) is 4.74 Å². The van der Waals surface area contributed by atoms with Crippen LogP contribution in [0.4, 0.5) is 5.69 Å². The lowest BCUT2D eigenvalue weighted by Gasteiger charge is -2.24. The van der Waals surface area contributed by atoms with Crippen molar-refractivity contribution in [2.45, 2.75) is 18.9 Å². The van der Waals surface area contributed by atoms with Crippen LogP contribution in [-0.4, -0.2) is 31.2 Å². The van der Waals surface area contributed by atoms with E-state index in [1.54, 1.807) is 13.3 Å². The first-order valence-electron chi connectivity index (χ1n) is 6.77. The van der Waals surface area contributed by atoms with Gasteiger partial charge in [-0.25, -0.2) is 0 Å². The first-order chi connectivity index (χ1) is 9.36. The summed E-state index contributed by atoms with van der Waals surface area (Å²) in [5, 5.41) is 8.04. The molecule has 2 heterocycles. The highest BCUT2D eigenvalue weighted by Gasteiger charge is 2.13. The molecule has 0 spiro atoms. The number of rotatable bonds is 3. The number of aromatic nitrogens is 1. The maximum Gasteiger partial charge on any atom is 0.129 e. The summed E-state index contributed by atoms with van der Waals surface area (Å²) in [7, 11) is 1.70. The van der Waals surface area contributed by atoms with Crippen LogP contribution >= 0.6 is 12.4 Å². The quantitative estimate of drug-likeness (QED) is 0.913. The van der Waals surface area contributed by atoms with E-state index in [0.717, 1.165) is 35.4 Å². The van der Waals surface area contributed by atoms with Crippen LogP contribution in [0.5, 0.6) is 5.75 Å². The standard InChI is InChI=1S/C15H19N3O.ClH/c1-19-15-6-9-17-14-3-2-12(10-13(14)15)18-11-4-7-16-8-5-11;/h2-3,6,9-11,16,18H,4-5,7-8H2,1H3;1H. The second-order valence-corrected chi connectivity index (χ2v) is 4.91. The van der Waals surface area contributed by atoms with E-state index < -0.39 is 0 Å². The van der Waals surface area contributed by atoms with Crippen molar-refractivity contribution in [3.05, 3.63) is 30.5 Å². The predicted octanol–water partition coefficient (Wildman–Crippen LogP) is 2.83. The van der Waals surface area contributed by atoms with Gasteiger partial charge >= 0.3 is 0 Å². The summed E-state index contributed by atoms with van der Waals surface area (Å²) in [6.45, 7) is 2.19. The van der Waals surface area contributed by atoms with Crippen molar-refractivity contribution in [3.8, 4) is 5.75 Å². The Morgan fingerprint density at radius 3 is 2.80 bits per heavy atom. The zero-order valence-electron chi connectivity index (χ0n) is 11.6. The van der Waals surface area contributed by atoms with Crippen molar-refractivity contribution in [2.75, 3.05) is 25.5 Å². The third-order valence-electron chi connectivity index (χ3n) is 3.63. The monoisotopic (exact) mass is 293 g/mol. The molecule has 4 nitrogen and oxygen atoms in total. The van der Waals surface area contributed by atoms with E-state index in [9.17, 15) is 0 Å². The van der Waals surface area contributed by atoms with Crippen LogP contribution in [0.2, 0.25) is 0 Å². The molecule has 0 amide bonds. The van der Waals surface area contributed by atoms with Gasteiger partial charge in [0.25, 0.3) is 0 Å². The number of anilines is 1. The van der Waals surface area contributed by atoms with Crippen LogP contribution in [0, 0.1) is 0 Å². The minimum Gasteiger partial charge on any atom is -0.496 e. The highest BCUT2D eigenvalue weighted by molar-refractivity contribution is 5.87. The van der Waals surface area contributed by atoms with E-state index >= 15 is 0 Å². The van der Waals surface area contributed by atoms with Crippen molar-refractivity contribution in [3.63, 3.8) is 0 Å². The molecule has 1 fully saturated rings. The van der Waals surface area contributed by atoms with Crippen LogP contribution in [-0.2, 0) is 0 Å². The first kappa shape index (κ1) is 14.9. The van der Waals surface area contributed by atoms with E-state index in [2.05, 4.69) is 27.8 Å². The summed E-state index contributed by atoms with van der Waals surface area (Å²) in [5.74, 6) is 0.874. The van der Waals surface area contributed by atoms with Gasteiger partial charge in [0, 0.05) is 23.3 Å². The predicted molar refractivity (Wildman–Crippen MR) is 85.1 cm³/mol. The molecule has 5 heteroatoms. The molecule has 1 saturated heterocycles. The average molecular weight is 294 g/mol. The van der Waals surface area contributed by atoms with E-state index in [-0.39, 0.29) is 12.4 Å². The summed E-state index contributed by atoms with van der Waals surface area (Å²) in [6.07, 6.45) is 4.12. The van der Waals surface area contributed by atoms with Crippen LogP contribution in [0.1, 0.15) is 12.8 Å². The van der Waals surface area contributed by atoms with Crippen LogP contribution in [0.15, 0.2) is 30.5 Å². The fourth-order valence-corrected chi connectivity index (χ4v) is 2.59. The Bertz CT molecular complexity index is 570. The summed E-state index contributed by atoms with van der Waals surface area (Å²) in [6, 6.07) is 8.72. The summed E-state index contributed by atoms with van der Waals surface area (Å²) in [5.41, 5.74) is 2.11. The molecule has 2 aromatic rings. The number of piperidine rings is 1. The van der Waals surface area contributed by atoms with E-state index in [1.165, 1.54) is 12.8 Å². The number of nitrogens with zero attached hydrogens (tertiary/aromatic N) is 1. The van der Waals surface area contributed by atoms with Gasteiger partial charge < -0.3 is 15.4 Å². The Labute approximate surface area is 125 Å². The fourth-order valence-electron chi connectivity index (χ4n) is 2.59. The Morgan fingerprint density at radius 2 is 2.05 bits per heavy atom. The lowest BCUT2D eigenvalue weighted by Crippen LogP contribution is -2.35. The fraction of sp³-hybridized carbons (Fsp3) is 0.400. The molecule has 0 aliphatic carbocycles. The zero-order chi connectivity index (χ0) is 13.1. The van der Waals surface area contributed by atoms with E-state index in [1.807, 2.05) is 12.1 Å². The molecule has 1 aromatic carbocycles. The maximum atomic E-state index is 5.39. The number of hydrogen-bond donors (Lipinski definition) is 2.